The van der Waals surface area contributed by atoms with Crippen LogP contribution in [0, 0.1) is 0 Å². The Balaban J connectivity index is 1.08. The molecule has 0 aliphatic heterocycles. The SMILES string of the molecule is c1ccc2cc(-c3ccc(-c4ccc(-c5ccc(-c6cc7ccccc7c7ccccc67)cc5)c5ccccc45)cc3)ccc2c1. The van der Waals surface area contributed by atoms with Gasteiger partial charge in [0.05, 0.1) is 0 Å². The first-order chi connectivity index (χ1) is 22.8. The van der Waals surface area contributed by atoms with Gasteiger partial charge < -0.3 is 0 Å². The summed E-state index contributed by atoms with van der Waals surface area (Å²) in [6, 6.07) is 66.5. The molecule has 0 aliphatic carbocycles. The highest BCUT2D eigenvalue weighted by Gasteiger charge is 2.12. The predicted molar refractivity (Wildman–Crippen MR) is 198 cm³/mol. The molecule has 0 radical (unpaired) electrons. The molecule has 0 heterocycles. The lowest BCUT2D eigenvalue weighted by molar-refractivity contribution is 1.60. The Bertz CT molecular complexity index is 2550. The third-order valence-electron chi connectivity index (χ3n) is 9.48. The largest absolute Gasteiger partial charge is 0.0616 e. The van der Waals surface area contributed by atoms with Crippen LogP contribution in [0.2, 0.25) is 0 Å². The molecule has 0 N–H and O–H groups in total. The summed E-state index contributed by atoms with van der Waals surface area (Å²) in [6.07, 6.45) is 0. The number of rotatable bonds is 4. The Morgan fingerprint density at radius 1 is 0.196 bits per heavy atom. The van der Waals surface area contributed by atoms with Crippen LogP contribution in [0.3, 0.4) is 0 Å². The summed E-state index contributed by atoms with van der Waals surface area (Å²) in [5, 5.41) is 10.2. The maximum atomic E-state index is 2.34. The van der Waals surface area contributed by atoms with E-state index in [1.54, 1.807) is 0 Å². The van der Waals surface area contributed by atoms with Crippen molar-refractivity contribution in [1.82, 2.24) is 0 Å². The van der Waals surface area contributed by atoms with E-state index in [1.165, 1.54) is 87.6 Å². The molecule has 9 aromatic carbocycles. The lowest BCUT2D eigenvalue weighted by Crippen LogP contribution is -1.88. The second-order valence-corrected chi connectivity index (χ2v) is 12.1. The second kappa shape index (κ2) is 10.9. The zero-order valence-corrected chi connectivity index (χ0v) is 25.3. The average Bonchev–Trinajstić information content (AvgIpc) is 3.14. The van der Waals surface area contributed by atoms with E-state index in [2.05, 4.69) is 182 Å². The van der Waals surface area contributed by atoms with Crippen LogP contribution in [0.1, 0.15) is 0 Å². The first-order valence-corrected chi connectivity index (χ1v) is 15.9. The van der Waals surface area contributed by atoms with E-state index in [1.807, 2.05) is 0 Å². The Morgan fingerprint density at radius 2 is 0.609 bits per heavy atom. The molecule has 0 aliphatic rings. The summed E-state index contributed by atoms with van der Waals surface area (Å²) in [6.45, 7) is 0. The van der Waals surface area contributed by atoms with E-state index in [9.17, 15) is 0 Å². The first kappa shape index (κ1) is 26.4. The van der Waals surface area contributed by atoms with E-state index < -0.39 is 0 Å². The van der Waals surface area contributed by atoms with Gasteiger partial charge in [0.1, 0.15) is 0 Å². The summed E-state index contributed by atoms with van der Waals surface area (Å²) in [5.41, 5.74) is 9.94. The monoisotopic (exact) mass is 582 g/mol. The van der Waals surface area contributed by atoms with Crippen molar-refractivity contribution in [2.75, 3.05) is 0 Å². The van der Waals surface area contributed by atoms with Gasteiger partial charge in [-0.3, -0.25) is 0 Å². The van der Waals surface area contributed by atoms with Crippen LogP contribution in [0.15, 0.2) is 182 Å². The van der Waals surface area contributed by atoms with Crippen molar-refractivity contribution >= 4 is 43.1 Å². The van der Waals surface area contributed by atoms with Crippen LogP contribution in [-0.2, 0) is 0 Å². The quantitative estimate of drug-likeness (QED) is 0.181. The van der Waals surface area contributed by atoms with Gasteiger partial charge in [-0.15, -0.1) is 0 Å². The molecule has 0 fully saturated rings. The van der Waals surface area contributed by atoms with Crippen molar-refractivity contribution in [1.29, 1.82) is 0 Å². The standard InChI is InChI=1S/C46H30/c1-2-10-36-29-37(26-19-31(36)9-1)32-17-20-33(21-18-32)40-27-28-41(44-15-6-5-14-43(40)44)34-22-24-35(25-23-34)46-30-38-11-3-4-12-39(38)42-13-7-8-16-45(42)46/h1-30H. The van der Waals surface area contributed by atoms with Crippen molar-refractivity contribution in [2.45, 2.75) is 0 Å². The van der Waals surface area contributed by atoms with Crippen LogP contribution in [0.4, 0.5) is 0 Å². The minimum absolute atomic E-state index is 1.23. The molecule has 0 nitrogen and oxygen atoms in total. The van der Waals surface area contributed by atoms with Gasteiger partial charge in [0, 0.05) is 0 Å². The van der Waals surface area contributed by atoms with E-state index in [-0.39, 0.29) is 0 Å². The fourth-order valence-corrected chi connectivity index (χ4v) is 7.14. The van der Waals surface area contributed by atoms with E-state index >= 15 is 0 Å². The molecule has 0 spiro atoms. The molecule has 0 atom stereocenters. The van der Waals surface area contributed by atoms with Crippen molar-refractivity contribution in [2.24, 2.45) is 0 Å². The van der Waals surface area contributed by atoms with Crippen LogP contribution in [0.25, 0.3) is 87.6 Å². The smallest absolute Gasteiger partial charge is 0.00990 e. The molecular weight excluding hydrogens is 553 g/mol. The molecule has 0 bridgehead atoms. The summed E-state index contributed by atoms with van der Waals surface area (Å²) in [4.78, 5) is 0. The minimum atomic E-state index is 1.23. The van der Waals surface area contributed by atoms with Crippen molar-refractivity contribution in [3.05, 3.63) is 182 Å². The van der Waals surface area contributed by atoms with Gasteiger partial charge in [-0.1, -0.05) is 170 Å². The Morgan fingerprint density at radius 3 is 1.22 bits per heavy atom. The number of benzene rings is 9. The third kappa shape index (κ3) is 4.47. The van der Waals surface area contributed by atoms with Crippen molar-refractivity contribution < 1.29 is 0 Å². The second-order valence-electron chi connectivity index (χ2n) is 12.1. The highest BCUT2D eigenvalue weighted by atomic mass is 14.2. The highest BCUT2D eigenvalue weighted by Crippen LogP contribution is 2.39. The van der Waals surface area contributed by atoms with E-state index in [0.717, 1.165) is 0 Å². The van der Waals surface area contributed by atoms with Gasteiger partial charge >= 0.3 is 0 Å². The molecule has 9 aromatic rings. The van der Waals surface area contributed by atoms with E-state index in [4.69, 9.17) is 0 Å². The minimum Gasteiger partial charge on any atom is -0.0616 e. The zero-order valence-electron chi connectivity index (χ0n) is 25.3. The topological polar surface area (TPSA) is 0 Å². The zero-order chi connectivity index (χ0) is 30.5. The van der Waals surface area contributed by atoms with E-state index in [0.29, 0.717) is 0 Å². The van der Waals surface area contributed by atoms with Crippen LogP contribution in [0.5, 0.6) is 0 Å². The van der Waals surface area contributed by atoms with Crippen molar-refractivity contribution in [3.8, 4) is 44.5 Å². The molecule has 9 rings (SSSR count). The van der Waals surface area contributed by atoms with Gasteiger partial charge in [-0.05, 0) is 99.7 Å². The Labute approximate surface area is 268 Å². The molecule has 46 heavy (non-hydrogen) atoms. The molecule has 0 saturated heterocycles. The number of hydrogen-bond acceptors (Lipinski definition) is 0. The first-order valence-electron chi connectivity index (χ1n) is 15.9. The summed E-state index contributed by atoms with van der Waals surface area (Å²) >= 11 is 0. The van der Waals surface area contributed by atoms with Crippen LogP contribution < -0.4 is 0 Å². The molecule has 0 heteroatoms. The predicted octanol–water partition coefficient (Wildman–Crippen LogP) is 13.0. The summed E-state index contributed by atoms with van der Waals surface area (Å²) < 4.78 is 0. The molecule has 0 saturated carbocycles. The average molecular weight is 583 g/mol. The molecule has 0 unspecified atom stereocenters. The number of hydrogen-bond donors (Lipinski definition) is 0. The van der Waals surface area contributed by atoms with Crippen LogP contribution >= 0.6 is 0 Å². The fourth-order valence-electron chi connectivity index (χ4n) is 7.14. The fraction of sp³-hybridized carbons (Fsp3) is 0. The molecular formula is C46H30. The summed E-state index contributed by atoms with van der Waals surface area (Å²) in [7, 11) is 0. The number of fused-ring (bicyclic) bond motifs is 5. The lowest BCUT2D eigenvalue weighted by atomic mass is 9.90. The molecule has 214 valence electrons. The van der Waals surface area contributed by atoms with Crippen molar-refractivity contribution in [3.63, 3.8) is 0 Å². The van der Waals surface area contributed by atoms with Gasteiger partial charge in [0.25, 0.3) is 0 Å². The normalized spacial score (nSPS) is 11.5. The van der Waals surface area contributed by atoms with Gasteiger partial charge in [0.2, 0.25) is 0 Å². The Kier molecular flexibility index (Phi) is 6.25. The maximum absolute atomic E-state index is 2.34. The van der Waals surface area contributed by atoms with Gasteiger partial charge in [-0.2, -0.15) is 0 Å². The molecule has 0 aromatic heterocycles. The lowest BCUT2D eigenvalue weighted by Gasteiger charge is -2.14. The van der Waals surface area contributed by atoms with Crippen LogP contribution in [-0.4, -0.2) is 0 Å². The van der Waals surface area contributed by atoms with Gasteiger partial charge in [-0.25, -0.2) is 0 Å². The molecule has 0 amide bonds. The Hall–Kier alpha value is -5.98. The van der Waals surface area contributed by atoms with Gasteiger partial charge in [0.15, 0.2) is 0 Å². The highest BCUT2D eigenvalue weighted by molar-refractivity contribution is 6.14. The third-order valence-corrected chi connectivity index (χ3v) is 9.48. The maximum Gasteiger partial charge on any atom is -0.00990 e. The summed E-state index contributed by atoms with van der Waals surface area (Å²) in [5.74, 6) is 0.